The molecule has 0 aliphatic rings. The van der Waals surface area contributed by atoms with E-state index in [1.165, 1.54) is 6.92 Å². The minimum Gasteiger partial charge on any atom is -0.481 e. The number of aliphatic carboxylic acids is 2. The molecule has 0 aromatic heterocycles. The molecule has 5 nitrogen and oxygen atoms in total. The second kappa shape index (κ2) is 4.06. The number of carbonyl (C=O) groups is 2. The fraction of sp³-hybridized carbons (Fsp3) is 0.714. The van der Waals surface area contributed by atoms with Crippen molar-refractivity contribution in [3.8, 4) is 0 Å². The summed E-state index contributed by atoms with van der Waals surface area (Å²) in [6.45, 7) is 1.53. The van der Waals surface area contributed by atoms with Gasteiger partial charge in [0.25, 0.3) is 0 Å². The number of rotatable bonds is 5. The Hall–Kier alpha value is -1.10. The van der Waals surface area contributed by atoms with Gasteiger partial charge in [-0.2, -0.15) is 0 Å². The molecule has 0 fully saturated rings. The average Bonchev–Trinajstić information content (AvgIpc) is 1.81. The number of nitrogens with two attached hydrogens (primary N) is 1. The molecular weight excluding hydrogens is 162 g/mol. The monoisotopic (exact) mass is 175 g/mol. The van der Waals surface area contributed by atoms with Crippen LogP contribution >= 0.6 is 0 Å². The first-order chi connectivity index (χ1) is 5.33. The summed E-state index contributed by atoms with van der Waals surface area (Å²) in [6.07, 6.45) is -0.130. The van der Waals surface area contributed by atoms with Gasteiger partial charge in [0.15, 0.2) is 0 Å². The molecule has 0 spiro atoms. The average molecular weight is 175 g/mol. The van der Waals surface area contributed by atoms with Crippen molar-refractivity contribution in [2.24, 2.45) is 5.73 Å². The van der Waals surface area contributed by atoms with E-state index in [1.807, 2.05) is 0 Å². The van der Waals surface area contributed by atoms with Crippen LogP contribution in [0.3, 0.4) is 0 Å². The summed E-state index contributed by atoms with van der Waals surface area (Å²) in [5.41, 5.74) is 4.60. The fourth-order valence-corrected chi connectivity index (χ4v) is 0.826. The van der Waals surface area contributed by atoms with Gasteiger partial charge in [-0.1, -0.05) is 0 Å². The Morgan fingerprint density at radius 2 is 1.83 bits per heavy atom. The number of hydrogen-bond acceptors (Lipinski definition) is 3. The summed E-state index contributed by atoms with van der Waals surface area (Å²) in [5.74, 6) is -1.97. The van der Waals surface area contributed by atoms with E-state index in [4.69, 9.17) is 15.9 Å². The maximum atomic E-state index is 10.2. The van der Waals surface area contributed by atoms with Gasteiger partial charge in [0.05, 0.1) is 6.42 Å². The van der Waals surface area contributed by atoms with Gasteiger partial charge in [-0.25, -0.2) is 0 Å². The second-order valence-electron chi connectivity index (χ2n) is 3.12. The van der Waals surface area contributed by atoms with Crippen molar-refractivity contribution in [3.05, 3.63) is 0 Å². The highest BCUT2D eigenvalue weighted by Crippen LogP contribution is 2.13. The summed E-state index contributed by atoms with van der Waals surface area (Å²) in [4.78, 5) is 20.4. The number of hydrogen-bond donors (Lipinski definition) is 3. The minimum absolute atomic E-state index is 0.0969. The molecule has 5 heteroatoms. The summed E-state index contributed by atoms with van der Waals surface area (Å²) in [6, 6.07) is 0. The molecule has 0 rings (SSSR count). The van der Waals surface area contributed by atoms with E-state index in [0.717, 1.165) is 0 Å². The molecule has 0 amide bonds. The van der Waals surface area contributed by atoms with Crippen molar-refractivity contribution in [1.29, 1.82) is 0 Å². The summed E-state index contributed by atoms with van der Waals surface area (Å²) in [5, 5.41) is 16.7. The Bertz CT molecular complexity index is 188. The van der Waals surface area contributed by atoms with E-state index in [1.54, 1.807) is 0 Å². The molecule has 12 heavy (non-hydrogen) atoms. The molecule has 0 aliphatic carbocycles. The number of carboxylic acid groups (broad SMARTS) is 2. The zero-order valence-electron chi connectivity index (χ0n) is 6.91. The zero-order chi connectivity index (χ0) is 9.78. The third kappa shape index (κ3) is 5.67. The first kappa shape index (κ1) is 10.9. The molecule has 0 saturated heterocycles. The second-order valence-corrected chi connectivity index (χ2v) is 3.12. The first-order valence-corrected chi connectivity index (χ1v) is 3.56. The van der Waals surface area contributed by atoms with Crippen LogP contribution in [0.5, 0.6) is 0 Å². The van der Waals surface area contributed by atoms with Gasteiger partial charge in [0.2, 0.25) is 0 Å². The van der Waals surface area contributed by atoms with E-state index >= 15 is 0 Å². The van der Waals surface area contributed by atoms with Crippen LogP contribution in [-0.4, -0.2) is 27.7 Å². The van der Waals surface area contributed by atoms with E-state index in [9.17, 15) is 9.59 Å². The van der Waals surface area contributed by atoms with Gasteiger partial charge >= 0.3 is 11.9 Å². The highest BCUT2D eigenvalue weighted by atomic mass is 16.4. The predicted octanol–water partition coefficient (Wildman–Crippen LogP) is 0.0433. The lowest BCUT2D eigenvalue weighted by molar-refractivity contribution is -0.140. The van der Waals surface area contributed by atoms with Crippen LogP contribution in [0.25, 0.3) is 0 Å². The molecule has 0 heterocycles. The fourth-order valence-electron chi connectivity index (χ4n) is 0.826. The molecule has 0 saturated carbocycles. The Morgan fingerprint density at radius 1 is 1.33 bits per heavy atom. The first-order valence-electron chi connectivity index (χ1n) is 3.56. The Morgan fingerprint density at radius 3 is 2.17 bits per heavy atom. The van der Waals surface area contributed by atoms with Crippen molar-refractivity contribution in [2.45, 2.75) is 31.7 Å². The molecule has 70 valence electrons. The van der Waals surface area contributed by atoms with Gasteiger partial charge in [-0.3, -0.25) is 9.59 Å². The molecule has 0 aromatic rings. The third-order valence-electron chi connectivity index (χ3n) is 1.47. The topological polar surface area (TPSA) is 101 Å². The summed E-state index contributed by atoms with van der Waals surface area (Å²) >= 11 is 0. The van der Waals surface area contributed by atoms with Gasteiger partial charge in [0, 0.05) is 12.0 Å². The summed E-state index contributed by atoms with van der Waals surface area (Å²) in [7, 11) is 0. The van der Waals surface area contributed by atoms with Crippen molar-refractivity contribution in [2.75, 3.05) is 0 Å². The SMILES string of the molecule is CC(N)(CCC(=O)O)CC(=O)O. The lowest BCUT2D eigenvalue weighted by atomic mass is 9.93. The quantitative estimate of drug-likeness (QED) is 0.547. The molecule has 0 aliphatic heterocycles. The smallest absolute Gasteiger partial charge is 0.305 e. The molecule has 0 aromatic carbocycles. The zero-order valence-corrected chi connectivity index (χ0v) is 6.91. The predicted molar refractivity (Wildman–Crippen MR) is 41.7 cm³/mol. The molecular formula is C7H13NO4. The van der Waals surface area contributed by atoms with Gasteiger partial charge in [-0.05, 0) is 13.3 Å². The van der Waals surface area contributed by atoms with Crippen LogP contribution in [-0.2, 0) is 9.59 Å². The maximum Gasteiger partial charge on any atom is 0.305 e. The van der Waals surface area contributed by atoms with Crippen molar-refractivity contribution < 1.29 is 19.8 Å². The Balaban J connectivity index is 3.86. The standard InChI is InChI=1S/C7H13NO4/c1-7(8,4-6(11)12)3-2-5(9)10/h2-4,8H2,1H3,(H,9,10)(H,11,12). The van der Waals surface area contributed by atoms with Crippen molar-refractivity contribution in [1.82, 2.24) is 0 Å². The summed E-state index contributed by atoms with van der Waals surface area (Å²) < 4.78 is 0. The lowest BCUT2D eigenvalue weighted by Gasteiger charge is -2.20. The molecule has 0 bridgehead atoms. The van der Waals surface area contributed by atoms with Gasteiger partial charge < -0.3 is 15.9 Å². The number of carboxylic acids is 2. The Labute approximate surface area is 70.2 Å². The molecule has 4 N–H and O–H groups in total. The highest BCUT2D eigenvalue weighted by Gasteiger charge is 2.22. The molecule has 0 radical (unpaired) electrons. The lowest BCUT2D eigenvalue weighted by Crippen LogP contribution is -2.38. The minimum atomic E-state index is -1.01. The molecule has 1 atom stereocenters. The van der Waals surface area contributed by atoms with Crippen LogP contribution in [0.2, 0.25) is 0 Å². The molecule has 1 unspecified atom stereocenters. The van der Waals surface area contributed by atoms with E-state index in [2.05, 4.69) is 0 Å². The Kier molecular flexibility index (Phi) is 3.69. The van der Waals surface area contributed by atoms with Gasteiger partial charge in [0.1, 0.15) is 0 Å². The third-order valence-corrected chi connectivity index (χ3v) is 1.47. The normalized spacial score (nSPS) is 15.2. The van der Waals surface area contributed by atoms with Crippen molar-refractivity contribution >= 4 is 11.9 Å². The van der Waals surface area contributed by atoms with E-state index in [0.29, 0.717) is 0 Å². The van der Waals surface area contributed by atoms with Gasteiger partial charge in [-0.15, -0.1) is 0 Å². The maximum absolute atomic E-state index is 10.2. The largest absolute Gasteiger partial charge is 0.481 e. The van der Waals surface area contributed by atoms with Crippen LogP contribution in [0.4, 0.5) is 0 Å². The van der Waals surface area contributed by atoms with Crippen LogP contribution in [0.15, 0.2) is 0 Å². The van der Waals surface area contributed by atoms with E-state index in [-0.39, 0.29) is 19.3 Å². The van der Waals surface area contributed by atoms with E-state index < -0.39 is 17.5 Å². The van der Waals surface area contributed by atoms with Crippen LogP contribution in [0, 0.1) is 0 Å². The highest BCUT2D eigenvalue weighted by molar-refractivity contribution is 5.69. The van der Waals surface area contributed by atoms with Crippen molar-refractivity contribution in [3.63, 3.8) is 0 Å². The van der Waals surface area contributed by atoms with Crippen LogP contribution < -0.4 is 5.73 Å². The van der Waals surface area contributed by atoms with Crippen LogP contribution in [0.1, 0.15) is 26.2 Å².